The molecule has 0 bridgehead atoms. The molecular weight excluding hydrogens is 502 g/mol. The van der Waals surface area contributed by atoms with Gasteiger partial charge < -0.3 is 28.8 Å². The van der Waals surface area contributed by atoms with E-state index in [4.69, 9.17) is 23.7 Å². The summed E-state index contributed by atoms with van der Waals surface area (Å²) < 4.78 is 27.6. The lowest BCUT2D eigenvalue weighted by molar-refractivity contribution is -0.161. The lowest BCUT2D eigenvalue weighted by Gasteiger charge is -2.41. The van der Waals surface area contributed by atoms with Crippen LogP contribution in [0.5, 0.6) is 11.5 Å². The van der Waals surface area contributed by atoms with Crippen LogP contribution < -0.4 is 4.74 Å². The predicted octanol–water partition coefficient (Wildman–Crippen LogP) is 5.03. The molecule has 0 aromatic heterocycles. The number of phenols is 1. The van der Waals surface area contributed by atoms with Gasteiger partial charge in [0.25, 0.3) is 0 Å². The molecule has 2 aromatic rings. The van der Waals surface area contributed by atoms with Crippen LogP contribution in [-0.4, -0.2) is 67.9 Å². The Balaban J connectivity index is 2.54. The monoisotopic (exact) mass is 543 g/mol. The zero-order valence-corrected chi connectivity index (χ0v) is 23.8. The molecule has 9 heteroatoms. The fourth-order valence-electron chi connectivity index (χ4n) is 4.24. The van der Waals surface area contributed by atoms with Gasteiger partial charge >= 0.3 is 12.1 Å². The summed E-state index contributed by atoms with van der Waals surface area (Å²) in [6.45, 7) is 9.16. The molecule has 0 aliphatic heterocycles. The second-order valence-electron chi connectivity index (χ2n) is 10.1. The van der Waals surface area contributed by atoms with Crippen LogP contribution in [-0.2, 0) is 43.2 Å². The number of methoxy groups -OCH3 is 3. The summed E-state index contributed by atoms with van der Waals surface area (Å²) in [6, 6.07) is 12.3. The predicted molar refractivity (Wildman–Crippen MR) is 148 cm³/mol. The van der Waals surface area contributed by atoms with Gasteiger partial charge in [0.05, 0.1) is 20.3 Å². The van der Waals surface area contributed by atoms with E-state index in [1.807, 2.05) is 12.1 Å². The topological polar surface area (TPSA) is 104 Å². The van der Waals surface area contributed by atoms with Crippen LogP contribution in [0.15, 0.2) is 55.1 Å². The second kappa shape index (κ2) is 14.6. The lowest BCUT2D eigenvalue weighted by Crippen LogP contribution is -2.60. The number of carbonyl (C=O) groups is 2. The van der Waals surface area contributed by atoms with Gasteiger partial charge in [-0.1, -0.05) is 30.3 Å². The molecule has 0 heterocycles. The first kappa shape index (κ1) is 31.7. The third-order valence-corrected chi connectivity index (χ3v) is 5.99. The third-order valence-electron chi connectivity index (χ3n) is 5.99. The highest BCUT2D eigenvalue weighted by Gasteiger charge is 2.48. The normalized spacial score (nSPS) is 12.8. The van der Waals surface area contributed by atoms with Crippen molar-refractivity contribution in [3.63, 3.8) is 0 Å². The van der Waals surface area contributed by atoms with Crippen LogP contribution in [0.25, 0.3) is 0 Å². The van der Waals surface area contributed by atoms with E-state index in [9.17, 15) is 14.7 Å². The van der Waals surface area contributed by atoms with Gasteiger partial charge in [-0.05, 0) is 56.5 Å². The zero-order valence-electron chi connectivity index (χ0n) is 23.8. The number of hydrogen-bond acceptors (Lipinski definition) is 8. The van der Waals surface area contributed by atoms with E-state index < -0.39 is 23.2 Å². The third kappa shape index (κ3) is 8.73. The van der Waals surface area contributed by atoms with Gasteiger partial charge in [0.15, 0.2) is 5.54 Å². The van der Waals surface area contributed by atoms with Gasteiger partial charge in [-0.25, -0.2) is 9.59 Å². The van der Waals surface area contributed by atoms with Crippen molar-refractivity contribution in [3.8, 4) is 11.5 Å². The summed E-state index contributed by atoms with van der Waals surface area (Å²) in [7, 11) is 4.59. The molecular formula is C30H41NO8. The van der Waals surface area contributed by atoms with Crippen LogP contribution in [0.1, 0.15) is 43.9 Å². The van der Waals surface area contributed by atoms with Crippen molar-refractivity contribution in [2.75, 3.05) is 34.7 Å². The molecule has 0 spiro atoms. The fourth-order valence-corrected chi connectivity index (χ4v) is 4.24. The van der Waals surface area contributed by atoms with Crippen molar-refractivity contribution >= 4 is 12.1 Å². The molecule has 1 atom stereocenters. The van der Waals surface area contributed by atoms with Crippen LogP contribution in [0.3, 0.4) is 0 Å². The number of ether oxygens (including phenoxy) is 5. The van der Waals surface area contributed by atoms with E-state index in [1.54, 1.807) is 71.4 Å². The molecule has 214 valence electrons. The summed E-state index contributed by atoms with van der Waals surface area (Å²) in [4.78, 5) is 28.7. The van der Waals surface area contributed by atoms with Crippen LogP contribution in [0.2, 0.25) is 0 Å². The first-order valence-corrected chi connectivity index (χ1v) is 12.7. The Kier molecular flexibility index (Phi) is 11.8. The van der Waals surface area contributed by atoms with E-state index in [0.29, 0.717) is 24.3 Å². The number of nitrogens with zero attached hydrogens (tertiary/aromatic N) is 1. The number of para-hydroxylation sites is 1. The number of amides is 1. The highest BCUT2D eigenvalue weighted by molar-refractivity contribution is 5.86. The van der Waals surface area contributed by atoms with Crippen LogP contribution in [0.4, 0.5) is 4.79 Å². The summed E-state index contributed by atoms with van der Waals surface area (Å²) in [5.41, 5.74) is -0.193. The first-order chi connectivity index (χ1) is 18.5. The molecule has 1 amide bonds. The maximum Gasteiger partial charge on any atom is 0.413 e. The lowest BCUT2D eigenvalue weighted by atomic mass is 9.85. The van der Waals surface area contributed by atoms with E-state index >= 15 is 0 Å². The summed E-state index contributed by atoms with van der Waals surface area (Å²) in [5.74, 6) is 0.107. The minimum atomic E-state index is -1.54. The average molecular weight is 544 g/mol. The number of benzene rings is 2. The largest absolute Gasteiger partial charge is 0.508 e. The highest BCUT2D eigenvalue weighted by Crippen LogP contribution is 2.32. The number of hydrogen-bond donors (Lipinski definition) is 1. The minimum absolute atomic E-state index is 0.0119. The highest BCUT2D eigenvalue weighted by atomic mass is 16.6. The van der Waals surface area contributed by atoms with Crippen LogP contribution >= 0.6 is 0 Å². The molecule has 39 heavy (non-hydrogen) atoms. The molecule has 9 nitrogen and oxygen atoms in total. The fraction of sp³-hybridized carbons (Fsp3) is 0.467. The van der Waals surface area contributed by atoms with Gasteiger partial charge in [0, 0.05) is 32.6 Å². The van der Waals surface area contributed by atoms with E-state index in [2.05, 4.69) is 6.58 Å². The summed E-state index contributed by atoms with van der Waals surface area (Å²) in [5, 5.41) is 10.1. The standard InChI is InChI=1S/C30H41NO8/c1-8-16-30(31(21-36-6)28(34)39-29(2,3)4,19-22-13-14-26(37-7)24(18-22)20-35-5)27(33)38-17-15-23-11-9-10-12-25(23)32/h8-14,18,32H,1,15-17,19-21H2,2-7H3/t30-/m0/s1. The quantitative estimate of drug-likeness (QED) is 0.201. The zero-order chi connectivity index (χ0) is 29.1. The van der Waals surface area contributed by atoms with Crippen molar-refractivity contribution in [1.29, 1.82) is 0 Å². The average Bonchev–Trinajstić information content (AvgIpc) is 2.87. The van der Waals surface area contributed by atoms with Gasteiger partial charge in [-0.2, -0.15) is 0 Å². The number of aromatic hydroxyl groups is 1. The molecule has 0 aliphatic rings. The Morgan fingerprint density at radius 1 is 1.03 bits per heavy atom. The second-order valence-corrected chi connectivity index (χ2v) is 10.1. The Morgan fingerprint density at radius 3 is 2.33 bits per heavy atom. The SMILES string of the molecule is C=CC[C@](Cc1ccc(OC)c(COC)c1)(C(=O)OCCc1ccccc1O)N(COC)C(=O)OC(C)(C)C. The van der Waals surface area contributed by atoms with Crippen molar-refractivity contribution in [2.45, 2.75) is 57.8 Å². The Morgan fingerprint density at radius 2 is 1.74 bits per heavy atom. The number of esters is 1. The maximum absolute atomic E-state index is 14.0. The molecule has 0 saturated heterocycles. The van der Waals surface area contributed by atoms with Crippen molar-refractivity contribution < 1.29 is 38.4 Å². The minimum Gasteiger partial charge on any atom is -0.508 e. The molecule has 0 unspecified atom stereocenters. The maximum atomic E-state index is 14.0. The van der Waals surface area contributed by atoms with Gasteiger partial charge in [0.2, 0.25) is 0 Å². The molecule has 0 saturated carbocycles. The van der Waals surface area contributed by atoms with Crippen molar-refractivity contribution in [3.05, 3.63) is 71.8 Å². The Bertz CT molecular complexity index is 1110. The molecule has 2 aromatic carbocycles. The van der Waals surface area contributed by atoms with Crippen LogP contribution in [0, 0.1) is 0 Å². The smallest absolute Gasteiger partial charge is 0.413 e. The van der Waals surface area contributed by atoms with Gasteiger partial charge in [0.1, 0.15) is 23.8 Å². The van der Waals surface area contributed by atoms with Gasteiger partial charge in [-0.15, -0.1) is 6.58 Å². The van der Waals surface area contributed by atoms with Crippen molar-refractivity contribution in [2.24, 2.45) is 0 Å². The van der Waals surface area contributed by atoms with Gasteiger partial charge in [-0.3, -0.25) is 4.90 Å². The molecule has 0 radical (unpaired) electrons. The summed E-state index contributed by atoms with van der Waals surface area (Å²) >= 11 is 0. The number of rotatable bonds is 14. The Labute approximate surface area is 231 Å². The molecule has 2 rings (SSSR count). The molecule has 0 aliphatic carbocycles. The molecule has 0 fully saturated rings. The number of carbonyl (C=O) groups excluding carboxylic acids is 2. The van der Waals surface area contributed by atoms with E-state index in [0.717, 1.165) is 11.1 Å². The summed E-state index contributed by atoms with van der Waals surface area (Å²) in [6.07, 6.45) is 1.28. The Hall–Kier alpha value is -3.56. The molecule has 1 N–H and O–H groups in total. The number of phenolic OH excluding ortho intramolecular Hbond substituents is 1. The van der Waals surface area contributed by atoms with E-state index in [1.165, 1.54) is 12.0 Å². The van der Waals surface area contributed by atoms with Crippen molar-refractivity contribution in [1.82, 2.24) is 4.90 Å². The van der Waals surface area contributed by atoms with E-state index in [-0.39, 0.29) is 31.9 Å². The first-order valence-electron chi connectivity index (χ1n) is 12.7.